The lowest BCUT2D eigenvalue weighted by Gasteiger charge is -2.30. The van der Waals surface area contributed by atoms with E-state index < -0.39 is 0 Å². The van der Waals surface area contributed by atoms with Crippen LogP contribution >= 0.6 is 0 Å². The fourth-order valence-electron chi connectivity index (χ4n) is 3.22. The van der Waals surface area contributed by atoms with E-state index in [4.69, 9.17) is 4.74 Å². The fourth-order valence-corrected chi connectivity index (χ4v) is 3.22. The zero-order valence-corrected chi connectivity index (χ0v) is 12.3. The number of nitrogens with one attached hydrogen (secondary N) is 1. The summed E-state index contributed by atoms with van der Waals surface area (Å²) in [4.78, 5) is 12.3. The molecule has 1 unspecified atom stereocenters. The quantitative estimate of drug-likeness (QED) is 0.879. The van der Waals surface area contributed by atoms with E-state index in [9.17, 15) is 4.79 Å². The summed E-state index contributed by atoms with van der Waals surface area (Å²) in [5, 5.41) is 5.84. The molecule has 0 aromatic heterocycles. The maximum absolute atomic E-state index is 12.3. The van der Waals surface area contributed by atoms with Gasteiger partial charge < -0.3 is 10.1 Å². The van der Waals surface area contributed by atoms with Crippen LogP contribution in [-0.2, 0) is 9.53 Å². The van der Waals surface area contributed by atoms with E-state index in [0.29, 0.717) is 0 Å². The largest absolute Gasteiger partial charge is 0.469 e. The molecule has 21 heavy (non-hydrogen) atoms. The van der Waals surface area contributed by atoms with Crippen molar-refractivity contribution in [3.05, 3.63) is 48.0 Å². The Morgan fingerprint density at radius 1 is 1.19 bits per heavy atom. The van der Waals surface area contributed by atoms with E-state index in [0.717, 1.165) is 18.5 Å². The molecule has 0 bridgehead atoms. The molecule has 0 radical (unpaired) electrons. The molecular weight excluding hydrogens is 262 g/mol. The van der Waals surface area contributed by atoms with Crippen LogP contribution in [0.1, 0.15) is 30.7 Å². The summed E-state index contributed by atoms with van der Waals surface area (Å²) in [6, 6.07) is 14.7. The van der Waals surface area contributed by atoms with Gasteiger partial charge in [-0.15, -0.1) is 0 Å². The minimum absolute atomic E-state index is 0.148. The van der Waals surface area contributed by atoms with Crippen molar-refractivity contribution in [1.82, 2.24) is 5.32 Å². The molecule has 2 aromatic rings. The number of rotatable bonds is 3. The molecule has 2 aromatic carbocycles. The Hall–Kier alpha value is -1.87. The highest BCUT2D eigenvalue weighted by molar-refractivity contribution is 5.86. The number of hydrogen-bond donors (Lipinski definition) is 1. The number of fused-ring (bicyclic) bond motifs is 1. The molecule has 0 amide bonds. The summed E-state index contributed by atoms with van der Waals surface area (Å²) < 4.78 is 5.05. The second-order valence-corrected chi connectivity index (χ2v) is 5.66. The van der Waals surface area contributed by atoms with E-state index in [1.54, 1.807) is 0 Å². The molecule has 3 rings (SSSR count). The molecular formula is C18H21NO2. The third-order valence-corrected chi connectivity index (χ3v) is 4.34. The number of benzene rings is 2. The standard InChI is InChI=1S/C18H21NO2/c1-21-18(20)17(16-8-4-5-11-19-16)15-10-9-13-6-2-3-7-14(13)12-15/h2-3,6-7,9-10,12,16-17,19H,4-5,8,11H2,1H3/t16-,17?/m0/s1. The Labute approximate surface area is 125 Å². The van der Waals surface area contributed by atoms with Crippen molar-refractivity contribution in [2.75, 3.05) is 13.7 Å². The molecule has 3 nitrogen and oxygen atoms in total. The lowest BCUT2D eigenvalue weighted by Crippen LogP contribution is -2.42. The number of hydrogen-bond acceptors (Lipinski definition) is 3. The van der Waals surface area contributed by atoms with Crippen molar-refractivity contribution in [3.8, 4) is 0 Å². The first-order valence-electron chi connectivity index (χ1n) is 7.59. The second kappa shape index (κ2) is 6.27. The number of carbonyl (C=O) groups excluding carboxylic acids is 1. The van der Waals surface area contributed by atoms with Crippen LogP contribution in [0.15, 0.2) is 42.5 Å². The van der Waals surface area contributed by atoms with Gasteiger partial charge in [0.15, 0.2) is 0 Å². The molecule has 1 saturated heterocycles. The first kappa shape index (κ1) is 14.1. The molecule has 0 aliphatic carbocycles. The lowest BCUT2D eigenvalue weighted by atomic mass is 9.85. The van der Waals surface area contributed by atoms with Crippen molar-refractivity contribution in [1.29, 1.82) is 0 Å². The average molecular weight is 283 g/mol. The van der Waals surface area contributed by atoms with Gasteiger partial charge in [0, 0.05) is 6.04 Å². The Balaban J connectivity index is 1.98. The van der Waals surface area contributed by atoms with E-state index >= 15 is 0 Å². The van der Waals surface area contributed by atoms with Crippen molar-refractivity contribution < 1.29 is 9.53 Å². The van der Waals surface area contributed by atoms with E-state index in [-0.39, 0.29) is 17.9 Å². The summed E-state index contributed by atoms with van der Waals surface area (Å²) in [6.45, 7) is 0.978. The van der Waals surface area contributed by atoms with Gasteiger partial charge in [0.2, 0.25) is 0 Å². The van der Waals surface area contributed by atoms with Crippen LogP contribution in [-0.4, -0.2) is 25.7 Å². The number of carbonyl (C=O) groups is 1. The minimum atomic E-state index is -0.222. The van der Waals surface area contributed by atoms with Crippen molar-refractivity contribution >= 4 is 16.7 Å². The fraction of sp³-hybridized carbons (Fsp3) is 0.389. The van der Waals surface area contributed by atoms with Gasteiger partial charge in [-0.05, 0) is 35.7 Å². The molecule has 3 heteroatoms. The highest BCUT2D eigenvalue weighted by Gasteiger charge is 2.31. The Kier molecular flexibility index (Phi) is 4.20. The van der Waals surface area contributed by atoms with Gasteiger partial charge in [0.1, 0.15) is 0 Å². The van der Waals surface area contributed by atoms with E-state index in [2.05, 4.69) is 35.6 Å². The maximum Gasteiger partial charge on any atom is 0.314 e. The van der Waals surface area contributed by atoms with Gasteiger partial charge >= 0.3 is 5.97 Å². The first-order valence-corrected chi connectivity index (χ1v) is 7.59. The molecule has 1 heterocycles. The summed E-state index contributed by atoms with van der Waals surface area (Å²) in [6.07, 6.45) is 3.37. The minimum Gasteiger partial charge on any atom is -0.469 e. The number of esters is 1. The van der Waals surface area contributed by atoms with Gasteiger partial charge in [-0.25, -0.2) is 0 Å². The number of methoxy groups -OCH3 is 1. The van der Waals surface area contributed by atoms with E-state index in [1.807, 2.05) is 12.1 Å². The lowest BCUT2D eigenvalue weighted by molar-refractivity contribution is -0.143. The SMILES string of the molecule is COC(=O)C(c1ccc2ccccc2c1)[C@@H]1CCCCN1. The highest BCUT2D eigenvalue weighted by Crippen LogP contribution is 2.29. The highest BCUT2D eigenvalue weighted by atomic mass is 16.5. The Morgan fingerprint density at radius 2 is 2.00 bits per heavy atom. The number of ether oxygens (including phenoxy) is 1. The summed E-state index contributed by atoms with van der Waals surface area (Å²) in [7, 11) is 1.47. The van der Waals surface area contributed by atoms with Gasteiger partial charge in [0.05, 0.1) is 13.0 Å². The predicted molar refractivity (Wildman–Crippen MR) is 84.3 cm³/mol. The number of piperidine rings is 1. The zero-order valence-electron chi connectivity index (χ0n) is 12.3. The summed E-state index contributed by atoms with van der Waals surface area (Å²) >= 11 is 0. The van der Waals surface area contributed by atoms with Crippen molar-refractivity contribution in [2.24, 2.45) is 0 Å². The second-order valence-electron chi connectivity index (χ2n) is 5.66. The Bertz CT molecular complexity index is 632. The average Bonchev–Trinajstić information content (AvgIpc) is 2.56. The van der Waals surface area contributed by atoms with Crippen molar-refractivity contribution in [3.63, 3.8) is 0 Å². The van der Waals surface area contributed by atoms with Crippen LogP contribution in [0.2, 0.25) is 0 Å². The van der Waals surface area contributed by atoms with Crippen LogP contribution in [0.5, 0.6) is 0 Å². The molecule has 1 aliphatic heterocycles. The van der Waals surface area contributed by atoms with Crippen LogP contribution < -0.4 is 5.32 Å². The molecule has 0 spiro atoms. The Morgan fingerprint density at radius 3 is 2.71 bits per heavy atom. The van der Waals surface area contributed by atoms with Crippen LogP contribution in [0.25, 0.3) is 10.8 Å². The van der Waals surface area contributed by atoms with Crippen LogP contribution in [0.4, 0.5) is 0 Å². The zero-order chi connectivity index (χ0) is 14.7. The van der Waals surface area contributed by atoms with Gasteiger partial charge in [-0.2, -0.15) is 0 Å². The van der Waals surface area contributed by atoms with Crippen molar-refractivity contribution in [2.45, 2.75) is 31.2 Å². The maximum atomic E-state index is 12.3. The normalized spacial score (nSPS) is 20.1. The molecule has 2 atom stereocenters. The van der Waals surface area contributed by atoms with E-state index in [1.165, 1.54) is 30.7 Å². The molecule has 1 N–H and O–H groups in total. The van der Waals surface area contributed by atoms with Gasteiger partial charge in [-0.1, -0.05) is 48.9 Å². The van der Waals surface area contributed by atoms with Crippen LogP contribution in [0, 0.1) is 0 Å². The summed E-state index contributed by atoms with van der Waals surface area (Å²) in [5.41, 5.74) is 1.04. The summed E-state index contributed by atoms with van der Waals surface area (Å²) in [5.74, 6) is -0.371. The third kappa shape index (κ3) is 2.93. The van der Waals surface area contributed by atoms with Gasteiger partial charge in [0.25, 0.3) is 0 Å². The monoisotopic (exact) mass is 283 g/mol. The molecule has 0 saturated carbocycles. The van der Waals surface area contributed by atoms with Crippen LogP contribution in [0.3, 0.4) is 0 Å². The topological polar surface area (TPSA) is 38.3 Å². The molecule has 1 fully saturated rings. The molecule has 110 valence electrons. The molecule has 1 aliphatic rings. The predicted octanol–water partition coefficient (Wildman–Crippen LogP) is 3.24. The first-order chi connectivity index (χ1) is 10.3. The third-order valence-electron chi connectivity index (χ3n) is 4.34. The smallest absolute Gasteiger partial charge is 0.314 e. The van der Waals surface area contributed by atoms with Gasteiger partial charge in [-0.3, -0.25) is 4.79 Å².